The summed E-state index contributed by atoms with van der Waals surface area (Å²) in [5.41, 5.74) is 0. The fraction of sp³-hybridized carbons (Fsp3) is 0.500. The number of aryl methyl sites for hydroxylation is 1. The van der Waals surface area contributed by atoms with Gasteiger partial charge in [0, 0.05) is 29.6 Å². The zero-order valence-electron chi connectivity index (χ0n) is 16.0. The third-order valence-corrected chi connectivity index (χ3v) is 7.49. The number of nitrogens with one attached hydrogen (secondary N) is 2. The highest BCUT2D eigenvalue weighted by Gasteiger charge is 2.32. The van der Waals surface area contributed by atoms with E-state index < -0.39 is 16.8 Å². The topological polar surface area (TPSA) is 107 Å². The summed E-state index contributed by atoms with van der Waals surface area (Å²) in [7, 11) is -1.06. The zero-order valence-corrected chi connectivity index (χ0v) is 18.4. The third kappa shape index (κ3) is 6.19. The second kappa shape index (κ2) is 10.4. The van der Waals surface area contributed by atoms with Gasteiger partial charge in [0.15, 0.2) is 0 Å². The molecule has 0 radical (unpaired) electrons. The van der Waals surface area contributed by atoms with E-state index in [1.807, 2.05) is 6.92 Å². The van der Waals surface area contributed by atoms with Crippen molar-refractivity contribution in [3.05, 3.63) is 34.3 Å². The number of halogens is 1. The summed E-state index contributed by atoms with van der Waals surface area (Å²) < 4.78 is 12.5. The van der Waals surface area contributed by atoms with Gasteiger partial charge in [0.1, 0.15) is 5.01 Å². The van der Waals surface area contributed by atoms with Crippen molar-refractivity contribution in [2.45, 2.75) is 36.0 Å². The Hall–Kier alpha value is -1.59. The molecule has 2 aromatic rings. The van der Waals surface area contributed by atoms with E-state index in [2.05, 4.69) is 25.7 Å². The van der Waals surface area contributed by atoms with Crippen LogP contribution in [0.5, 0.6) is 0 Å². The molecule has 1 unspecified atom stereocenters. The first-order valence-corrected chi connectivity index (χ1v) is 11.8. The van der Waals surface area contributed by atoms with Gasteiger partial charge in [-0.3, -0.25) is 9.53 Å². The lowest BCUT2D eigenvalue weighted by atomic mass is 10.1. The van der Waals surface area contributed by atoms with Crippen molar-refractivity contribution >= 4 is 44.9 Å². The number of amides is 2. The van der Waals surface area contributed by atoms with Crippen molar-refractivity contribution in [2.24, 2.45) is 0 Å². The average molecular weight is 458 g/mol. The van der Waals surface area contributed by atoms with E-state index in [4.69, 9.17) is 11.6 Å². The minimum absolute atomic E-state index is 0.0881. The molecule has 8 nitrogen and oxygen atoms in total. The summed E-state index contributed by atoms with van der Waals surface area (Å²) in [4.78, 5) is 15.0. The number of rotatable bonds is 9. The van der Waals surface area contributed by atoms with Gasteiger partial charge in [-0.05, 0) is 37.1 Å². The second-order valence-corrected chi connectivity index (χ2v) is 9.99. The molecule has 1 aliphatic heterocycles. The first kappa shape index (κ1) is 22.1. The molecular formula is C18H24ClN5O3S2. The molecule has 1 aromatic carbocycles. The van der Waals surface area contributed by atoms with Crippen molar-refractivity contribution in [1.82, 2.24) is 20.4 Å². The second-order valence-electron chi connectivity index (χ2n) is 6.75. The molecule has 158 valence electrons. The van der Waals surface area contributed by atoms with Gasteiger partial charge in [0.05, 0.1) is 28.7 Å². The van der Waals surface area contributed by atoms with Gasteiger partial charge in [-0.2, -0.15) is 0 Å². The average Bonchev–Trinajstić information content (AvgIpc) is 3.13. The van der Waals surface area contributed by atoms with Crippen LogP contribution in [0.2, 0.25) is 5.02 Å². The molecule has 0 spiro atoms. The summed E-state index contributed by atoms with van der Waals surface area (Å²) in [6.45, 7) is 3.97. The maximum absolute atomic E-state index is 12.5. The van der Waals surface area contributed by atoms with Gasteiger partial charge >= 0.3 is 6.03 Å². The van der Waals surface area contributed by atoms with Crippen LogP contribution in [0.3, 0.4) is 0 Å². The molecule has 0 aliphatic carbocycles. The van der Waals surface area contributed by atoms with E-state index in [9.17, 15) is 14.1 Å². The van der Waals surface area contributed by atoms with Gasteiger partial charge < -0.3 is 15.3 Å². The number of anilines is 1. The Kier molecular flexibility index (Phi) is 7.96. The van der Waals surface area contributed by atoms with Gasteiger partial charge in [-0.15, -0.1) is 10.2 Å². The number of aliphatic hydroxyl groups is 1. The van der Waals surface area contributed by atoms with Crippen molar-refractivity contribution < 1.29 is 14.1 Å². The molecule has 1 aliphatic rings. The largest absolute Gasteiger partial charge is 0.394 e. The highest BCUT2D eigenvalue weighted by atomic mass is 35.5. The van der Waals surface area contributed by atoms with Crippen LogP contribution >= 0.6 is 22.9 Å². The lowest BCUT2D eigenvalue weighted by Crippen LogP contribution is -2.54. The number of nitrogens with zero attached hydrogens (tertiary/aromatic N) is 3. The molecule has 2 heterocycles. The summed E-state index contributed by atoms with van der Waals surface area (Å²) in [6, 6.07) is 6.32. The van der Waals surface area contributed by atoms with Gasteiger partial charge in [0.25, 0.3) is 0 Å². The molecule has 1 saturated heterocycles. The van der Waals surface area contributed by atoms with E-state index in [1.54, 1.807) is 24.3 Å². The monoisotopic (exact) mass is 457 g/mol. The number of carbonyl (C=O) groups excluding carboxylic acids is 1. The quantitative estimate of drug-likeness (QED) is 0.532. The van der Waals surface area contributed by atoms with E-state index >= 15 is 0 Å². The number of aromatic nitrogens is 2. The normalized spacial score (nSPS) is 16.8. The van der Waals surface area contributed by atoms with Crippen LogP contribution in [0.1, 0.15) is 18.4 Å². The Labute approximate surface area is 181 Å². The minimum Gasteiger partial charge on any atom is -0.394 e. The van der Waals surface area contributed by atoms with E-state index in [-0.39, 0.29) is 17.9 Å². The third-order valence-electron chi connectivity index (χ3n) is 4.61. The Bertz CT molecular complexity index is 842. The van der Waals surface area contributed by atoms with Crippen molar-refractivity contribution in [3.63, 3.8) is 0 Å². The molecular weight excluding hydrogens is 434 g/mol. The van der Waals surface area contributed by atoms with Crippen molar-refractivity contribution in [2.75, 3.05) is 31.6 Å². The zero-order chi connectivity index (χ0) is 20.8. The maximum Gasteiger partial charge on any atom is 0.321 e. The number of likely N-dealkylation sites (tertiary alicyclic amines) is 1. The molecule has 1 fully saturated rings. The predicted octanol–water partition coefficient (Wildman–Crippen LogP) is 2.12. The summed E-state index contributed by atoms with van der Waals surface area (Å²) in [5.74, 6) is 0. The number of benzene rings is 1. The number of aliphatic hydroxyl groups excluding tert-OH is 1. The maximum atomic E-state index is 12.5. The Balaban J connectivity index is 1.38. The molecule has 11 heteroatoms. The number of hydrogen-bond donors (Lipinski definition) is 3. The minimum atomic E-state index is -1.06. The highest BCUT2D eigenvalue weighted by Crippen LogP contribution is 2.22. The van der Waals surface area contributed by atoms with Crippen LogP contribution in [-0.2, 0) is 17.2 Å². The number of urea groups is 1. The van der Waals surface area contributed by atoms with Crippen molar-refractivity contribution in [1.29, 1.82) is 0 Å². The fourth-order valence-electron chi connectivity index (χ4n) is 2.91. The Morgan fingerprint density at radius 1 is 1.38 bits per heavy atom. The standard InChI is InChI=1S/C18H24ClN5O3S2/c1-2-16-22-23-18(28-16)21-17(26)20-13(11-25)7-8-24-9-15(10-24)29(27)14-5-3-12(19)4-6-14/h3-6,13,15,25H,2,7-11H2,1H3,(H2,20,21,23,26)/t13-,29?/m0/s1. The molecule has 29 heavy (non-hydrogen) atoms. The number of hydrogen-bond acceptors (Lipinski definition) is 7. The SMILES string of the molecule is CCc1nnc(NC(=O)N[C@H](CO)CCN2CC(S(=O)c3ccc(Cl)cc3)C2)s1. The molecule has 3 rings (SSSR count). The van der Waals surface area contributed by atoms with Crippen LogP contribution < -0.4 is 10.6 Å². The molecule has 2 atom stereocenters. The molecule has 0 bridgehead atoms. The summed E-state index contributed by atoms with van der Waals surface area (Å²) >= 11 is 7.20. The van der Waals surface area contributed by atoms with Crippen LogP contribution in [0.25, 0.3) is 0 Å². The van der Waals surface area contributed by atoms with Crippen LogP contribution in [0.4, 0.5) is 9.93 Å². The van der Waals surface area contributed by atoms with Gasteiger partial charge in [-0.1, -0.05) is 29.9 Å². The van der Waals surface area contributed by atoms with E-state index in [0.29, 0.717) is 23.1 Å². The Morgan fingerprint density at radius 2 is 2.10 bits per heavy atom. The summed E-state index contributed by atoms with van der Waals surface area (Å²) in [5, 5.41) is 24.8. The lowest BCUT2D eigenvalue weighted by Gasteiger charge is -2.39. The van der Waals surface area contributed by atoms with Crippen LogP contribution in [0.15, 0.2) is 29.2 Å². The first-order chi connectivity index (χ1) is 14.0. The molecule has 1 aromatic heterocycles. The lowest BCUT2D eigenvalue weighted by molar-refractivity contribution is 0.162. The van der Waals surface area contributed by atoms with Crippen LogP contribution in [-0.4, -0.2) is 68.0 Å². The molecule has 0 saturated carbocycles. The number of carbonyl (C=O) groups is 1. The van der Waals surface area contributed by atoms with Crippen LogP contribution in [0, 0.1) is 0 Å². The Morgan fingerprint density at radius 3 is 2.72 bits per heavy atom. The smallest absolute Gasteiger partial charge is 0.321 e. The van der Waals surface area contributed by atoms with E-state index in [0.717, 1.165) is 29.4 Å². The van der Waals surface area contributed by atoms with Crippen molar-refractivity contribution in [3.8, 4) is 0 Å². The van der Waals surface area contributed by atoms with Gasteiger partial charge in [0.2, 0.25) is 5.13 Å². The first-order valence-electron chi connectivity index (χ1n) is 9.37. The molecule has 3 N–H and O–H groups in total. The molecule has 2 amide bonds. The fourth-order valence-corrected chi connectivity index (χ4v) is 5.20. The van der Waals surface area contributed by atoms with Gasteiger partial charge in [-0.25, -0.2) is 4.79 Å². The predicted molar refractivity (Wildman–Crippen MR) is 115 cm³/mol. The van der Waals surface area contributed by atoms with E-state index in [1.165, 1.54) is 11.3 Å². The summed E-state index contributed by atoms with van der Waals surface area (Å²) in [6.07, 6.45) is 1.36. The highest BCUT2D eigenvalue weighted by molar-refractivity contribution is 7.85.